The van der Waals surface area contributed by atoms with Gasteiger partial charge in [0.15, 0.2) is 6.29 Å². The first-order valence-corrected chi connectivity index (χ1v) is 7.15. The molecule has 0 N–H and O–H groups in total. The Labute approximate surface area is 123 Å². The fourth-order valence-electron chi connectivity index (χ4n) is 2.50. The molecule has 0 rings (SSSR count). The highest BCUT2D eigenvalue weighted by molar-refractivity contribution is 5.87. The lowest BCUT2D eigenvalue weighted by atomic mass is 9.75. The molecule has 0 amide bonds. The highest BCUT2D eigenvalue weighted by atomic mass is 17.2. The smallest absolute Gasteiger partial charge is 0.349 e. The zero-order valence-corrected chi connectivity index (χ0v) is 14.2. The van der Waals surface area contributed by atoms with Gasteiger partial charge < -0.3 is 4.74 Å². The third-order valence-corrected chi connectivity index (χ3v) is 2.58. The van der Waals surface area contributed by atoms with Crippen molar-refractivity contribution in [2.75, 3.05) is 6.61 Å². The second-order valence-electron chi connectivity index (χ2n) is 7.04. The Morgan fingerprint density at radius 2 is 1.75 bits per heavy atom. The molecule has 0 aromatic carbocycles. The van der Waals surface area contributed by atoms with E-state index in [9.17, 15) is 4.79 Å². The molecule has 1 unspecified atom stereocenters. The summed E-state index contributed by atoms with van der Waals surface area (Å²) >= 11 is 0. The van der Waals surface area contributed by atoms with Gasteiger partial charge in [-0.2, -0.15) is 4.89 Å². The summed E-state index contributed by atoms with van der Waals surface area (Å²) in [5.74, 6) is -0.474. The van der Waals surface area contributed by atoms with E-state index in [0.29, 0.717) is 12.2 Å². The third-order valence-electron chi connectivity index (χ3n) is 2.58. The van der Waals surface area contributed by atoms with E-state index < -0.39 is 12.3 Å². The van der Waals surface area contributed by atoms with Crippen molar-refractivity contribution in [3.63, 3.8) is 0 Å². The lowest BCUT2D eigenvalue weighted by Crippen LogP contribution is -2.21. The van der Waals surface area contributed by atoms with Crippen LogP contribution in [-0.2, 0) is 19.3 Å². The van der Waals surface area contributed by atoms with Gasteiger partial charge in [0.2, 0.25) is 0 Å². The molecule has 0 aromatic rings. The summed E-state index contributed by atoms with van der Waals surface area (Å²) in [5.41, 5.74) is 0.666. The lowest BCUT2D eigenvalue weighted by Gasteiger charge is -2.30. The van der Waals surface area contributed by atoms with E-state index in [1.807, 2.05) is 13.0 Å². The average molecular weight is 286 g/mol. The molecular weight excluding hydrogens is 256 g/mol. The number of carbonyl (C=O) groups is 1. The Kier molecular flexibility index (Phi) is 7.45. The van der Waals surface area contributed by atoms with Crippen molar-refractivity contribution < 1.29 is 19.3 Å². The summed E-state index contributed by atoms with van der Waals surface area (Å²) < 4.78 is 5.12. The SMILES string of the molecule is CCOC(C)OOC(=O)/C(C)=C\C(C)(C)CC(C)(C)C. The Morgan fingerprint density at radius 3 is 2.20 bits per heavy atom. The second-order valence-corrected chi connectivity index (χ2v) is 7.04. The molecule has 118 valence electrons. The molecule has 0 aliphatic heterocycles. The van der Waals surface area contributed by atoms with Crippen LogP contribution in [-0.4, -0.2) is 18.9 Å². The van der Waals surface area contributed by atoms with Crippen molar-refractivity contribution in [1.29, 1.82) is 0 Å². The summed E-state index contributed by atoms with van der Waals surface area (Å²) in [5, 5.41) is 0. The van der Waals surface area contributed by atoms with Crippen molar-refractivity contribution in [2.45, 2.75) is 68.1 Å². The van der Waals surface area contributed by atoms with Gasteiger partial charge in [0.05, 0.1) is 0 Å². The molecule has 0 radical (unpaired) electrons. The molecule has 0 bridgehead atoms. The van der Waals surface area contributed by atoms with Crippen LogP contribution in [0.4, 0.5) is 0 Å². The molecule has 0 aromatic heterocycles. The molecule has 4 heteroatoms. The normalized spacial score (nSPS) is 15.1. The maximum atomic E-state index is 11.8. The maximum Gasteiger partial charge on any atom is 0.368 e. The fourth-order valence-corrected chi connectivity index (χ4v) is 2.50. The van der Waals surface area contributed by atoms with Crippen molar-refractivity contribution in [2.24, 2.45) is 10.8 Å². The number of carbonyl (C=O) groups excluding carboxylic acids is 1. The highest BCUT2D eigenvalue weighted by Crippen LogP contribution is 2.35. The van der Waals surface area contributed by atoms with Crippen LogP contribution in [0.25, 0.3) is 0 Å². The summed E-state index contributed by atoms with van der Waals surface area (Å²) in [4.78, 5) is 21.5. The van der Waals surface area contributed by atoms with Gasteiger partial charge in [-0.15, -0.1) is 0 Å². The van der Waals surface area contributed by atoms with Crippen LogP contribution in [0.1, 0.15) is 61.8 Å². The predicted molar refractivity (Wildman–Crippen MR) is 79.9 cm³/mol. The zero-order valence-electron chi connectivity index (χ0n) is 14.2. The number of allylic oxidation sites excluding steroid dienone is 1. The summed E-state index contributed by atoms with van der Waals surface area (Å²) in [6, 6.07) is 0. The van der Waals surface area contributed by atoms with Crippen LogP contribution in [0.2, 0.25) is 0 Å². The second kappa shape index (κ2) is 7.79. The van der Waals surface area contributed by atoms with Gasteiger partial charge in [0.25, 0.3) is 0 Å². The quantitative estimate of drug-likeness (QED) is 0.304. The van der Waals surface area contributed by atoms with Crippen molar-refractivity contribution >= 4 is 5.97 Å². The largest absolute Gasteiger partial charge is 0.368 e. The van der Waals surface area contributed by atoms with Crippen molar-refractivity contribution in [1.82, 2.24) is 0 Å². The third kappa shape index (κ3) is 9.10. The van der Waals surface area contributed by atoms with Gasteiger partial charge in [-0.25, -0.2) is 4.79 Å². The van der Waals surface area contributed by atoms with E-state index in [0.717, 1.165) is 6.42 Å². The standard InChI is InChI=1S/C16H30O4/c1-9-18-13(3)19-20-14(17)12(2)10-16(7,8)11-15(4,5)6/h10,13H,9,11H2,1-8H3/b12-10-. The van der Waals surface area contributed by atoms with Crippen LogP contribution < -0.4 is 0 Å². The van der Waals surface area contributed by atoms with Gasteiger partial charge in [0, 0.05) is 12.2 Å². The lowest BCUT2D eigenvalue weighted by molar-refractivity contribution is -0.343. The Bertz CT molecular complexity index is 337. The van der Waals surface area contributed by atoms with Crippen LogP contribution >= 0.6 is 0 Å². The van der Waals surface area contributed by atoms with Crippen LogP contribution in [0.5, 0.6) is 0 Å². The molecule has 0 saturated carbocycles. The summed E-state index contributed by atoms with van der Waals surface area (Å²) in [6.07, 6.45) is 2.36. The number of ether oxygens (including phenoxy) is 1. The number of hydrogen-bond acceptors (Lipinski definition) is 4. The number of hydrogen-bond donors (Lipinski definition) is 0. The Morgan fingerprint density at radius 1 is 1.20 bits per heavy atom. The first-order chi connectivity index (χ1) is 8.97. The summed E-state index contributed by atoms with van der Waals surface area (Å²) in [6.45, 7) is 16.5. The molecule has 0 aliphatic carbocycles. The molecule has 4 nitrogen and oxygen atoms in total. The molecular formula is C16H30O4. The molecule has 0 fully saturated rings. The molecule has 0 saturated heterocycles. The first kappa shape index (κ1) is 19.1. The van der Waals surface area contributed by atoms with E-state index in [2.05, 4.69) is 34.6 Å². The molecule has 0 heterocycles. The maximum absolute atomic E-state index is 11.8. The topological polar surface area (TPSA) is 44.8 Å². The van der Waals surface area contributed by atoms with Gasteiger partial charge in [-0.1, -0.05) is 40.7 Å². The van der Waals surface area contributed by atoms with E-state index in [-0.39, 0.29) is 10.8 Å². The Balaban J connectivity index is 4.52. The van der Waals surface area contributed by atoms with E-state index in [4.69, 9.17) is 14.5 Å². The molecule has 1 atom stereocenters. The minimum atomic E-state index is -0.556. The van der Waals surface area contributed by atoms with E-state index >= 15 is 0 Å². The summed E-state index contributed by atoms with van der Waals surface area (Å²) in [7, 11) is 0. The predicted octanol–water partition coefficient (Wildman–Crippen LogP) is 4.25. The van der Waals surface area contributed by atoms with Gasteiger partial charge in [-0.3, -0.25) is 4.89 Å². The van der Waals surface area contributed by atoms with Crippen LogP contribution in [0.3, 0.4) is 0 Å². The zero-order chi connectivity index (χ0) is 16.0. The van der Waals surface area contributed by atoms with Crippen molar-refractivity contribution in [3.8, 4) is 0 Å². The molecule has 0 spiro atoms. The molecule has 0 aliphatic rings. The van der Waals surface area contributed by atoms with Gasteiger partial charge in [-0.05, 0) is 38.0 Å². The van der Waals surface area contributed by atoms with Gasteiger partial charge in [0.1, 0.15) is 0 Å². The minimum absolute atomic E-state index is 0.0765. The fraction of sp³-hybridized carbons (Fsp3) is 0.812. The monoisotopic (exact) mass is 286 g/mol. The van der Waals surface area contributed by atoms with E-state index in [1.54, 1.807) is 13.8 Å². The van der Waals surface area contributed by atoms with Crippen molar-refractivity contribution in [3.05, 3.63) is 11.6 Å². The van der Waals surface area contributed by atoms with Crippen LogP contribution in [0.15, 0.2) is 11.6 Å². The first-order valence-electron chi connectivity index (χ1n) is 7.15. The Hall–Kier alpha value is -0.870. The minimum Gasteiger partial charge on any atom is -0.349 e. The van der Waals surface area contributed by atoms with Crippen LogP contribution in [0, 0.1) is 10.8 Å². The molecule has 20 heavy (non-hydrogen) atoms. The average Bonchev–Trinajstić information content (AvgIpc) is 2.21. The highest BCUT2D eigenvalue weighted by Gasteiger charge is 2.25. The number of rotatable bonds is 7. The van der Waals surface area contributed by atoms with E-state index in [1.165, 1.54) is 0 Å². The van der Waals surface area contributed by atoms with Gasteiger partial charge >= 0.3 is 5.97 Å².